The van der Waals surface area contributed by atoms with Crippen LogP contribution >= 0.6 is 0 Å². The second-order valence-corrected chi connectivity index (χ2v) is 6.71. The number of hydrogen-bond acceptors (Lipinski definition) is 3. The third-order valence-electron chi connectivity index (χ3n) is 5.09. The standard InChI is InChI=1S/C21H28N2O2/c1-16-7-5-6-8-19(16)20(24)23-15-21(11-13-25-14-12-21)17(2)9-10-18(3)22-4/h5-10H,4,11-15H2,1-3H3,(H,23,24)/b17-9+,18-10-. The molecule has 0 unspecified atom stereocenters. The Morgan fingerprint density at radius 2 is 1.96 bits per heavy atom. The molecule has 1 aliphatic rings. The van der Waals surface area contributed by atoms with Crippen molar-refractivity contribution >= 4 is 12.6 Å². The van der Waals surface area contributed by atoms with E-state index in [1.54, 1.807) is 0 Å². The Kier molecular flexibility index (Phi) is 6.71. The van der Waals surface area contributed by atoms with E-state index in [-0.39, 0.29) is 11.3 Å². The lowest BCUT2D eigenvalue weighted by molar-refractivity contribution is 0.0317. The number of amides is 1. The molecule has 4 heteroatoms. The van der Waals surface area contributed by atoms with E-state index in [1.165, 1.54) is 5.57 Å². The highest BCUT2D eigenvalue weighted by molar-refractivity contribution is 5.95. The van der Waals surface area contributed by atoms with Gasteiger partial charge >= 0.3 is 0 Å². The van der Waals surface area contributed by atoms with Gasteiger partial charge in [0.1, 0.15) is 0 Å². The van der Waals surface area contributed by atoms with Crippen LogP contribution in [0.1, 0.15) is 42.6 Å². The first-order valence-electron chi connectivity index (χ1n) is 8.72. The highest BCUT2D eigenvalue weighted by Crippen LogP contribution is 2.37. The summed E-state index contributed by atoms with van der Waals surface area (Å²) in [5.74, 6) is -0.0174. The summed E-state index contributed by atoms with van der Waals surface area (Å²) < 4.78 is 5.55. The van der Waals surface area contributed by atoms with Gasteiger partial charge in [0.05, 0.1) is 0 Å². The molecule has 1 aromatic rings. The summed E-state index contributed by atoms with van der Waals surface area (Å²) in [6, 6.07) is 7.67. The van der Waals surface area contributed by atoms with Crippen LogP contribution in [0.15, 0.2) is 52.7 Å². The number of aliphatic imine (C=N–C) groups is 1. The predicted molar refractivity (Wildman–Crippen MR) is 103 cm³/mol. The van der Waals surface area contributed by atoms with Crippen molar-refractivity contribution in [1.29, 1.82) is 0 Å². The van der Waals surface area contributed by atoms with Gasteiger partial charge in [-0.3, -0.25) is 9.79 Å². The number of ether oxygens (including phenoxy) is 1. The molecule has 134 valence electrons. The van der Waals surface area contributed by atoms with E-state index in [1.807, 2.05) is 44.2 Å². The van der Waals surface area contributed by atoms with Crippen LogP contribution in [0, 0.1) is 12.3 Å². The van der Waals surface area contributed by atoms with Crippen molar-refractivity contribution in [1.82, 2.24) is 5.32 Å². The van der Waals surface area contributed by atoms with Crippen LogP contribution in [-0.4, -0.2) is 32.4 Å². The molecule has 0 atom stereocenters. The first-order chi connectivity index (χ1) is 12.0. The SMILES string of the molecule is C=N/C(C)=C\C=C(/C)C1(CNC(=O)c2ccccc2C)CCOCC1. The molecule has 1 heterocycles. The van der Waals surface area contributed by atoms with E-state index >= 15 is 0 Å². The molecule has 1 saturated heterocycles. The molecule has 1 aliphatic heterocycles. The van der Waals surface area contributed by atoms with Crippen molar-refractivity contribution in [2.45, 2.75) is 33.6 Å². The second kappa shape index (κ2) is 8.77. The fraction of sp³-hybridized carbons (Fsp3) is 0.429. The maximum atomic E-state index is 12.6. The van der Waals surface area contributed by atoms with Gasteiger partial charge in [-0.2, -0.15) is 0 Å². The summed E-state index contributed by atoms with van der Waals surface area (Å²) >= 11 is 0. The van der Waals surface area contributed by atoms with Crippen LogP contribution in [-0.2, 0) is 4.74 Å². The van der Waals surface area contributed by atoms with Gasteiger partial charge in [-0.05, 0) is 58.0 Å². The third-order valence-corrected chi connectivity index (χ3v) is 5.09. The molecule has 2 rings (SSSR count). The predicted octanol–water partition coefficient (Wildman–Crippen LogP) is 4.07. The normalized spacial score (nSPS) is 17.9. The van der Waals surface area contributed by atoms with Crippen molar-refractivity contribution in [3.63, 3.8) is 0 Å². The van der Waals surface area contributed by atoms with Crippen molar-refractivity contribution in [2.75, 3.05) is 19.8 Å². The highest BCUT2D eigenvalue weighted by atomic mass is 16.5. The zero-order chi connectivity index (χ0) is 18.3. The monoisotopic (exact) mass is 340 g/mol. The van der Waals surface area contributed by atoms with Gasteiger partial charge in [0.15, 0.2) is 0 Å². The highest BCUT2D eigenvalue weighted by Gasteiger charge is 2.34. The van der Waals surface area contributed by atoms with E-state index in [4.69, 9.17) is 4.74 Å². The fourth-order valence-electron chi connectivity index (χ4n) is 3.12. The van der Waals surface area contributed by atoms with Crippen LogP contribution in [0.25, 0.3) is 0 Å². The van der Waals surface area contributed by atoms with Crippen LogP contribution in [0.3, 0.4) is 0 Å². The number of rotatable bonds is 6. The molecular weight excluding hydrogens is 312 g/mol. The minimum absolute atomic E-state index is 0.0174. The van der Waals surface area contributed by atoms with Crippen molar-refractivity contribution < 1.29 is 9.53 Å². The molecule has 1 amide bonds. The van der Waals surface area contributed by atoms with Gasteiger partial charge in [-0.1, -0.05) is 29.8 Å². The smallest absolute Gasteiger partial charge is 0.251 e. The lowest BCUT2D eigenvalue weighted by Crippen LogP contribution is -2.42. The Hall–Kier alpha value is -2.20. The Morgan fingerprint density at radius 1 is 1.28 bits per heavy atom. The number of hydrogen-bond donors (Lipinski definition) is 1. The van der Waals surface area contributed by atoms with E-state index < -0.39 is 0 Å². The number of carbonyl (C=O) groups excluding carboxylic acids is 1. The molecule has 1 aromatic carbocycles. The number of nitrogens with one attached hydrogen (secondary N) is 1. The van der Waals surface area contributed by atoms with Crippen molar-refractivity contribution in [3.05, 3.63) is 58.8 Å². The summed E-state index contributed by atoms with van der Waals surface area (Å²) in [7, 11) is 0. The summed E-state index contributed by atoms with van der Waals surface area (Å²) in [4.78, 5) is 16.5. The number of benzene rings is 1. The first-order valence-corrected chi connectivity index (χ1v) is 8.72. The van der Waals surface area contributed by atoms with Gasteiger partial charge in [-0.25, -0.2) is 0 Å². The van der Waals surface area contributed by atoms with Crippen LogP contribution in [0.2, 0.25) is 0 Å². The molecule has 4 nitrogen and oxygen atoms in total. The Morgan fingerprint density at radius 3 is 2.60 bits per heavy atom. The maximum Gasteiger partial charge on any atom is 0.251 e. The Balaban J connectivity index is 2.16. The molecule has 1 fully saturated rings. The number of allylic oxidation sites excluding steroid dienone is 3. The Labute approximate surface area is 150 Å². The molecule has 0 saturated carbocycles. The van der Waals surface area contributed by atoms with Gasteiger partial charge in [0.2, 0.25) is 0 Å². The largest absolute Gasteiger partial charge is 0.381 e. The molecule has 25 heavy (non-hydrogen) atoms. The molecule has 0 bridgehead atoms. The van der Waals surface area contributed by atoms with Crippen LogP contribution in [0.5, 0.6) is 0 Å². The van der Waals surface area contributed by atoms with Gasteiger partial charge in [0.25, 0.3) is 5.91 Å². The summed E-state index contributed by atoms with van der Waals surface area (Å²) in [6.07, 6.45) is 5.87. The van der Waals surface area contributed by atoms with Crippen molar-refractivity contribution in [3.8, 4) is 0 Å². The van der Waals surface area contributed by atoms with E-state index in [0.29, 0.717) is 19.8 Å². The Bertz CT molecular complexity index is 683. The van der Waals surface area contributed by atoms with E-state index in [0.717, 1.165) is 29.7 Å². The summed E-state index contributed by atoms with van der Waals surface area (Å²) in [5.41, 5.74) is 3.77. The van der Waals surface area contributed by atoms with E-state index in [2.05, 4.69) is 30.0 Å². The zero-order valence-corrected chi connectivity index (χ0v) is 15.5. The molecule has 0 spiro atoms. The molecule has 1 N–H and O–H groups in total. The summed E-state index contributed by atoms with van der Waals surface area (Å²) in [5, 5.41) is 3.14. The molecule has 0 aromatic heterocycles. The molecular formula is C21H28N2O2. The zero-order valence-electron chi connectivity index (χ0n) is 15.5. The fourth-order valence-corrected chi connectivity index (χ4v) is 3.12. The number of nitrogens with zero attached hydrogens (tertiary/aromatic N) is 1. The maximum absolute atomic E-state index is 12.6. The topological polar surface area (TPSA) is 50.7 Å². The van der Waals surface area contributed by atoms with Crippen LogP contribution in [0.4, 0.5) is 0 Å². The van der Waals surface area contributed by atoms with Gasteiger partial charge in [0, 0.05) is 36.4 Å². The molecule has 0 radical (unpaired) electrons. The number of carbonyl (C=O) groups is 1. The first kappa shape index (κ1) is 19.1. The van der Waals surface area contributed by atoms with Crippen LogP contribution < -0.4 is 5.32 Å². The third kappa shape index (κ3) is 4.89. The quantitative estimate of drug-likeness (QED) is 0.627. The van der Waals surface area contributed by atoms with E-state index in [9.17, 15) is 4.79 Å². The second-order valence-electron chi connectivity index (χ2n) is 6.71. The average Bonchev–Trinajstić information content (AvgIpc) is 2.65. The lowest BCUT2D eigenvalue weighted by Gasteiger charge is -2.38. The summed E-state index contributed by atoms with van der Waals surface area (Å²) in [6.45, 7) is 11.6. The minimum atomic E-state index is -0.0749. The van der Waals surface area contributed by atoms with Crippen molar-refractivity contribution in [2.24, 2.45) is 10.4 Å². The molecule has 0 aliphatic carbocycles. The number of aryl methyl sites for hydroxylation is 1. The van der Waals surface area contributed by atoms with Gasteiger partial charge in [-0.15, -0.1) is 0 Å². The lowest BCUT2D eigenvalue weighted by atomic mass is 9.74. The van der Waals surface area contributed by atoms with Gasteiger partial charge < -0.3 is 10.1 Å². The average molecular weight is 340 g/mol. The minimum Gasteiger partial charge on any atom is -0.381 e.